The molecule has 2 unspecified atom stereocenters. The third kappa shape index (κ3) is 7.88. The van der Waals surface area contributed by atoms with E-state index < -0.39 is 87.0 Å². The second-order valence-corrected chi connectivity index (χ2v) is 10.2. The zero-order valence-corrected chi connectivity index (χ0v) is 23.3. The van der Waals surface area contributed by atoms with E-state index in [1.165, 1.54) is 12.1 Å². The fourth-order valence-corrected chi connectivity index (χ4v) is 4.63. The summed E-state index contributed by atoms with van der Waals surface area (Å²) in [6.07, 6.45) is -8.26. The standard InChI is InChI=1S/C33H23F11O/c1-2-3-4-5-18-6-9-21(10-7-18)33(43,44)45-22-16-24(34)23(25(35)17-22)11-8-19-12-26(36)30(27(37)13-19)20-14-28(38)31(29(39)15-20)32(40,41)42/h6-7,9-10,12-17,28,31H,2-5H2,1H3. The molecule has 0 fully saturated rings. The minimum absolute atomic E-state index is 0.155. The van der Waals surface area contributed by atoms with Crippen molar-refractivity contribution in [3.8, 4) is 17.6 Å². The molecule has 1 aliphatic rings. The van der Waals surface area contributed by atoms with Crippen LogP contribution < -0.4 is 4.74 Å². The zero-order valence-electron chi connectivity index (χ0n) is 23.3. The zero-order chi connectivity index (χ0) is 33.1. The molecule has 0 saturated carbocycles. The average Bonchev–Trinajstić information content (AvgIpc) is 2.91. The van der Waals surface area contributed by atoms with Gasteiger partial charge >= 0.3 is 12.3 Å². The second kappa shape index (κ2) is 13.4. The molecule has 0 aromatic heterocycles. The Bertz CT molecular complexity index is 1630. The minimum atomic E-state index is -5.28. The molecule has 2 atom stereocenters. The molecule has 0 amide bonds. The van der Waals surface area contributed by atoms with Gasteiger partial charge in [-0.25, -0.2) is 26.3 Å². The minimum Gasteiger partial charge on any atom is -0.429 e. The number of rotatable bonds is 8. The molecule has 45 heavy (non-hydrogen) atoms. The molecule has 1 aliphatic carbocycles. The monoisotopic (exact) mass is 644 g/mol. The highest BCUT2D eigenvalue weighted by Gasteiger charge is 2.49. The summed E-state index contributed by atoms with van der Waals surface area (Å²) in [5.74, 6) is -7.73. The van der Waals surface area contributed by atoms with Crippen LogP contribution in [0.1, 0.15) is 54.0 Å². The number of ether oxygens (including phenoxy) is 1. The number of benzene rings is 3. The van der Waals surface area contributed by atoms with Crippen LogP contribution in [0.25, 0.3) is 5.57 Å². The lowest BCUT2D eigenvalue weighted by atomic mass is 9.89. The maximum Gasteiger partial charge on any atom is 0.426 e. The molecule has 1 nitrogen and oxygen atoms in total. The topological polar surface area (TPSA) is 9.23 Å². The van der Waals surface area contributed by atoms with E-state index in [1.807, 2.05) is 12.8 Å². The van der Waals surface area contributed by atoms with Crippen molar-refractivity contribution in [2.45, 2.75) is 51.1 Å². The summed E-state index contributed by atoms with van der Waals surface area (Å²) >= 11 is 0. The normalized spacial score (nSPS) is 16.9. The van der Waals surface area contributed by atoms with Crippen LogP contribution >= 0.6 is 0 Å². The van der Waals surface area contributed by atoms with E-state index in [9.17, 15) is 48.3 Å². The molecule has 0 heterocycles. The molecule has 0 spiro atoms. The van der Waals surface area contributed by atoms with E-state index in [2.05, 4.69) is 10.7 Å². The van der Waals surface area contributed by atoms with Crippen molar-refractivity contribution in [2.24, 2.45) is 5.92 Å². The van der Waals surface area contributed by atoms with Crippen LogP contribution in [0.3, 0.4) is 0 Å². The molecule has 4 rings (SSSR count). The van der Waals surface area contributed by atoms with Gasteiger partial charge in [0.05, 0.1) is 16.7 Å². The third-order valence-electron chi connectivity index (χ3n) is 6.88. The first kappa shape index (κ1) is 33.6. The molecular formula is C33H23F11O. The van der Waals surface area contributed by atoms with Crippen LogP contribution in [0.2, 0.25) is 0 Å². The summed E-state index contributed by atoms with van der Waals surface area (Å²) in [5, 5.41) is 0. The van der Waals surface area contributed by atoms with Crippen LogP contribution in [-0.4, -0.2) is 12.3 Å². The summed E-state index contributed by atoms with van der Waals surface area (Å²) < 4.78 is 159. The Morgan fingerprint density at radius 3 is 1.91 bits per heavy atom. The van der Waals surface area contributed by atoms with Crippen molar-refractivity contribution >= 4 is 5.57 Å². The maximum absolute atomic E-state index is 14.7. The molecule has 0 radical (unpaired) electrons. The maximum atomic E-state index is 14.7. The lowest BCUT2D eigenvalue weighted by Gasteiger charge is -2.24. The smallest absolute Gasteiger partial charge is 0.426 e. The Hall–Kier alpha value is -4.27. The van der Waals surface area contributed by atoms with Gasteiger partial charge in [0.2, 0.25) is 0 Å². The van der Waals surface area contributed by atoms with Gasteiger partial charge in [-0.2, -0.15) is 22.0 Å². The van der Waals surface area contributed by atoms with Gasteiger partial charge in [-0.1, -0.05) is 43.7 Å². The van der Waals surface area contributed by atoms with Crippen molar-refractivity contribution in [1.29, 1.82) is 0 Å². The highest BCUT2D eigenvalue weighted by molar-refractivity contribution is 5.77. The largest absolute Gasteiger partial charge is 0.429 e. The predicted molar refractivity (Wildman–Crippen MR) is 144 cm³/mol. The first-order valence-corrected chi connectivity index (χ1v) is 13.6. The van der Waals surface area contributed by atoms with Crippen LogP contribution in [0.4, 0.5) is 48.3 Å². The molecule has 0 aliphatic heterocycles. The fraction of sp³-hybridized carbons (Fsp3) is 0.273. The molecule has 12 heteroatoms. The van der Waals surface area contributed by atoms with E-state index in [0.717, 1.165) is 37.0 Å². The molecule has 3 aromatic carbocycles. The Kier molecular flexibility index (Phi) is 10.00. The Labute approximate surface area is 251 Å². The highest BCUT2D eigenvalue weighted by Crippen LogP contribution is 2.42. The van der Waals surface area contributed by atoms with E-state index >= 15 is 0 Å². The van der Waals surface area contributed by atoms with Crippen molar-refractivity contribution in [3.05, 3.63) is 118 Å². The molecule has 0 bridgehead atoms. The lowest BCUT2D eigenvalue weighted by Crippen LogP contribution is -2.33. The predicted octanol–water partition coefficient (Wildman–Crippen LogP) is 10.3. The van der Waals surface area contributed by atoms with Crippen molar-refractivity contribution < 1.29 is 53.0 Å². The van der Waals surface area contributed by atoms with E-state index in [1.54, 1.807) is 0 Å². The Morgan fingerprint density at radius 1 is 0.778 bits per heavy atom. The first-order valence-electron chi connectivity index (χ1n) is 13.6. The molecule has 238 valence electrons. The second-order valence-electron chi connectivity index (χ2n) is 10.2. The van der Waals surface area contributed by atoms with Crippen LogP contribution in [0, 0.1) is 41.0 Å². The summed E-state index contributed by atoms with van der Waals surface area (Å²) in [5.41, 5.74) is -3.06. The number of allylic oxidation sites excluding steroid dienone is 4. The van der Waals surface area contributed by atoms with Crippen molar-refractivity contribution in [3.63, 3.8) is 0 Å². The Balaban J connectivity index is 1.53. The van der Waals surface area contributed by atoms with Gasteiger partial charge in [0.25, 0.3) is 0 Å². The quantitative estimate of drug-likeness (QED) is 0.135. The van der Waals surface area contributed by atoms with Crippen molar-refractivity contribution in [2.75, 3.05) is 0 Å². The average molecular weight is 645 g/mol. The van der Waals surface area contributed by atoms with Crippen LogP contribution in [0.5, 0.6) is 5.75 Å². The van der Waals surface area contributed by atoms with Crippen molar-refractivity contribution in [1.82, 2.24) is 0 Å². The highest BCUT2D eigenvalue weighted by atomic mass is 19.4. The van der Waals surface area contributed by atoms with E-state index in [0.29, 0.717) is 30.7 Å². The number of alkyl halides is 6. The Morgan fingerprint density at radius 2 is 1.38 bits per heavy atom. The summed E-state index contributed by atoms with van der Waals surface area (Å²) in [7, 11) is 0. The van der Waals surface area contributed by atoms with Gasteiger partial charge in [0, 0.05) is 17.7 Å². The lowest BCUT2D eigenvalue weighted by molar-refractivity contribution is -0.185. The van der Waals surface area contributed by atoms with Gasteiger partial charge in [-0.3, -0.25) is 0 Å². The van der Waals surface area contributed by atoms with Gasteiger partial charge in [0.15, 0.2) is 0 Å². The van der Waals surface area contributed by atoms with Crippen LogP contribution in [-0.2, 0) is 12.5 Å². The van der Waals surface area contributed by atoms with Crippen LogP contribution in [0.15, 0.2) is 66.5 Å². The van der Waals surface area contributed by atoms with Gasteiger partial charge in [-0.05, 0) is 60.4 Å². The number of hydrogen-bond acceptors (Lipinski definition) is 1. The van der Waals surface area contributed by atoms with Gasteiger partial charge in [-0.15, -0.1) is 0 Å². The first-order chi connectivity index (χ1) is 21.1. The summed E-state index contributed by atoms with van der Waals surface area (Å²) in [4.78, 5) is 0. The molecule has 3 aromatic rings. The van der Waals surface area contributed by atoms with Gasteiger partial charge < -0.3 is 4.74 Å². The number of unbranched alkanes of at least 4 members (excludes halogenated alkanes) is 2. The van der Waals surface area contributed by atoms with Gasteiger partial charge in [0.1, 0.15) is 46.9 Å². The third-order valence-corrected chi connectivity index (χ3v) is 6.88. The molecular weight excluding hydrogens is 621 g/mol. The molecule has 0 N–H and O–H groups in total. The molecule has 0 saturated heterocycles. The SMILES string of the molecule is CCCCCc1ccc(C(F)(F)Oc2cc(F)c(C#Cc3cc(F)c(C4=CC(F)C(C(F)(F)F)C(F)=C4)c(F)c3)c(F)c2)cc1. The fourth-order valence-electron chi connectivity index (χ4n) is 4.63. The summed E-state index contributed by atoms with van der Waals surface area (Å²) in [6.45, 7) is 2.03. The van der Waals surface area contributed by atoms with E-state index in [-0.39, 0.29) is 12.2 Å². The number of halogens is 11. The number of hydrogen-bond donors (Lipinski definition) is 0. The summed E-state index contributed by atoms with van der Waals surface area (Å²) in [6, 6.07) is 7.25. The van der Waals surface area contributed by atoms with E-state index in [4.69, 9.17) is 0 Å². The number of aryl methyl sites for hydroxylation is 1.